The summed E-state index contributed by atoms with van der Waals surface area (Å²) in [6.07, 6.45) is 3.51. The summed E-state index contributed by atoms with van der Waals surface area (Å²) in [6.45, 7) is 0. The summed E-state index contributed by atoms with van der Waals surface area (Å²) in [5.41, 5.74) is 6.15. The van der Waals surface area contributed by atoms with Gasteiger partial charge in [-0.2, -0.15) is 5.10 Å². The van der Waals surface area contributed by atoms with E-state index in [2.05, 4.69) is 16.6 Å². The Morgan fingerprint density at radius 2 is 1.96 bits per heavy atom. The number of methoxy groups -OCH3 is 1. The number of thioether (sulfide) groups is 1. The Morgan fingerprint density at radius 1 is 1.08 bits per heavy atom. The number of hydrazone groups is 1. The number of furan rings is 1. The van der Waals surface area contributed by atoms with Crippen molar-refractivity contribution in [1.29, 1.82) is 0 Å². The standard InChI is InChI=1S/C20H20N2O2S/c1-23-20-10-9-16(13-21-22-18-6-3-2-4-7-18)12-17(20)14-25-15-19-8-5-11-24-19/h2-13,22H,14-15H2,1H3. The van der Waals surface area contributed by atoms with E-state index in [0.717, 1.165) is 39.8 Å². The lowest BCUT2D eigenvalue weighted by Crippen LogP contribution is -1.95. The first-order valence-electron chi connectivity index (χ1n) is 7.96. The van der Waals surface area contributed by atoms with Gasteiger partial charge in [0.05, 0.1) is 31.0 Å². The molecule has 128 valence electrons. The Bertz CT molecular complexity index is 802. The van der Waals surface area contributed by atoms with E-state index in [4.69, 9.17) is 9.15 Å². The Hall–Kier alpha value is -2.66. The predicted molar refractivity (Wildman–Crippen MR) is 104 cm³/mol. The van der Waals surface area contributed by atoms with Crippen molar-refractivity contribution in [2.75, 3.05) is 12.5 Å². The van der Waals surface area contributed by atoms with E-state index in [9.17, 15) is 0 Å². The zero-order valence-corrected chi connectivity index (χ0v) is 14.8. The summed E-state index contributed by atoms with van der Waals surface area (Å²) in [7, 11) is 1.70. The van der Waals surface area contributed by atoms with Gasteiger partial charge in [-0.3, -0.25) is 5.43 Å². The molecule has 0 bridgehead atoms. The lowest BCUT2D eigenvalue weighted by atomic mass is 10.1. The number of nitrogens with zero attached hydrogens (tertiary/aromatic N) is 1. The van der Waals surface area contributed by atoms with E-state index in [1.165, 1.54) is 0 Å². The number of nitrogens with one attached hydrogen (secondary N) is 1. The zero-order valence-electron chi connectivity index (χ0n) is 14.0. The maximum atomic E-state index is 5.46. The first kappa shape index (κ1) is 17.2. The molecule has 0 atom stereocenters. The third kappa shape index (κ3) is 5.16. The zero-order chi connectivity index (χ0) is 17.3. The van der Waals surface area contributed by atoms with Crippen LogP contribution in [0.4, 0.5) is 5.69 Å². The van der Waals surface area contributed by atoms with Crippen LogP contribution in [0.3, 0.4) is 0 Å². The van der Waals surface area contributed by atoms with E-state index < -0.39 is 0 Å². The van der Waals surface area contributed by atoms with Gasteiger partial charge < -0.3 is 9.15 Å². The smallest absolute Gasteiger partial charge is 0.122 e. The molecule has 0 amide bonds. The van der Waals surface area contributed by atoms with E-state index in [-0.39, 0.29) is 0 Å². The van der Waals surface area contributed by atoms with Crippen molar-refractivity contribution in [3.05, 3.63) is 83.8 Å². The van der Waals surface area contributed by atoms with Gasteiger partial charge in [0.1, 0.15) is 11.5 Å². The molecule has 0 aliphatic heterocycles. The summed E-state index contributed by atoms with van der Waals surface area (Å²) < 4.78 is 10.8. The Morgan fingerprint density at radius 3 is 2.72 bits per heavy atom. The van der Waals surface area contributed by atoms with Crippen LogP contribution in [0.25, 0.3) is 0 Å². The van der Waals surface area contributed by atoms with Crippen LogP contribution in [0.15, 0.2) is 76.4 Å². The summed E-state index contributed by atoms with van der Waals surface area (Å²) in [6, 6.07) is 19.8. The molecule has 0 saturated carbocycles. The number of anilines is 1. The molecule has 0 fully saturated rings. The lowest BCUT2D eigenvalue weighted by Gasteiger charge is -2.09. The highest BCUT2D eigenvalue weighted by Gasteiger charge is 2.05. The number of hydrogen-bond acceptors (Lipinski definition) is 5. The Kier molecular flexibility index (Phi) is 6.17. The predicted octanol–water partition coefficient (Wildman–Crippen LogP) is 5.17. The summed E-state index contributed by atoms with van der Waals surface area (Å²) in [4.78, 5) is 0. The molecule has 0 radical (unpaired) electrons. The number of hydrogen-bond donors (Lipinski definition) is 1. The molecule has 3 rings (SSSR count). The number of ether oxygens (including phenoxy) is 1. The first-order chi connectivity index (χ1) is 12.3. The molecule has 0 aliphatic carbocycles. The highest BCUT2D eigenvalue weighted by molar-refractivity contribution is 7.97. The number of benzene rings is 2. The van der Waals surface area contributed by atoms with Crippen molar-refractivity contribution < 1.29 is 9.15 Å². The first-order valence-corrected chi connectivity index (χ1v) is 9.12. The van der Waals surface area contributed by atoms with Gasteiger partial charge in [0.15, 0.2) is 0 Å². The largest absolute Gasteiger partial charge is 0.496 e. The molecular formula is C20H20N2O2S. The van der Waals surface area contributed by atoms with Crippen molar-refractivity contribution in [2.45, 2.75) is 11.5 Å². The Balaban J connectivity index is 1.62. The molecule has 5 heteroatoms. The molecule has 0 unspecified atom stereocenters. The number of rotatable bonds is 8. The minimum Gasteiger partial charge on any atom is -0.496 e. The van der Waals surface area contributed by atoms with Crippen molar-refractivity contribution in [3.8, 4) is 5.75 Å². The fraction of sp³-hybridized carbons (Fsp3) is 0.150. The molecule has 3 aromatic rings. The minimum absolute atomic E-state index is 0.837. The minimum atomic E-state index is 0.837. The average Bonchev–Trinajstić information content (AvgIpc) is 3.16. The molecule has 25 heavy (non-hydrogen) atoms. The van der Waals surface area contributed by atoms with Crippen LogP contribution in [0.2, 0.25) is 0 Å². The van der Waals surface area contributed by atoms with E-state index >= 15 is 0 Å². The fourth-order valence-corrected chi connectivity index (χ4v) is 3.25. The van der Waals surface area contributed by atoms with Crippen molar-refractivity contribution in [1.82, 2.24) is 0 Å². The summed E-state index contributed by atoms with van der Waals surface area (Å²) in [5, 5.41) is 4.29. The third-order valence-corrected chi connectivity index (χ3v) is 4.57. The van der Waals surface area contributed by atoms with Gasteiger partial charge in [-0.05, 0) is 48.0 Å². The van der Waals surface area contributed by atoms with Crippen LogP contribution < -0.4 is 10.2 Å². The molecule has 2 aromatic carbocycles. The van der Waals surface area contributed by atoms with Crippen LogP contribution in [-0.4, -0.2) is 13.3 Å². The quantitative estimate of drug-likeness (QED) is 0.449. The second kappa shape index (κ2) is 8.99. The molecule has 4 nitrogen and oxygen atoms in total. The highest BCUT2D eigenvalue weighted by Crippen LogP contribution is 2.26. The number of para-hydroxylation sites is 1. The van der Waals surface area contributed by atoms with Gasteiger partial charge in [0.25, 0.3) is 0 Å². The van der Waals surface area contributed by atoms with Crippen LogP contribution in [0.5, 0.6) is 5.75 Å². The van der Waals surface area contributed by atoms with Gasteiger partial charge in [-0.1, -0.05) is 18.2 Å². The van der Waals surface area contributed by atoms with Gasteiger partial charge in [0, 0.05) is 11.3 Å². The molecule has 0 spiro atoms. The Labute approximate surface area is 151 Å². The van der Waals surface area contributed by atoms with Gasteiger partial charge in [0.2, 0.25) is 0 Å². The lowest BCUT2D eigenvalue weighted by molar-refractivity contribution is 0.411. The van der Waals surface area contributed by atoms with Gasteiger partial charge >= 0.3 is 0 Å². The molecule has 1 aromatic heterocycles. The molecule has 1 heterocycles. The second-order valence-corrected chi connectivity index (χ2v) is 6.37. The maximum Gasteiger partial charge on any atom is 0.122 e. The average molecular weight is 352 g/mol. The molecule has 0 saturated heterocycles. The highest BCUT2D eigenvalue weighted by atomic mass is 32.2. The van der Waals surface area contributed by atoms with Crippen LogP contribution >= 0.6 is 11.8 Å². The van der Waals surface area contributed by atoms with Gasteiger partial charge in [-0.15, -0.1) is 11.8 Å². The van der Waals surface area contributed by atoms with E-state index in [1.54, 1.807) is 25.1 Å². The maximum absolute atomic E-state index is 5.46. The van der Waals surface area contributed by atoms with Crippen molar-refractivity contribution in [2.24, 2.45) is 5.10 Å². The monoisotopic (exact) mass is 352 g/mol. The normalized spacial score (nSPS) is 10.9. The molecule has 0 aliphatic rings. The second-order valence-electron chi connectivity index (χ2n) is 5.38. The summed E-state index contributed by atoms with van der Waals surface area (Å²) in [5.74, 6) is 3.55. The van der Waals surface area contributed by atoms with Crippen LogP contribution in [0.1, 0.15) is 16.9 Å². The van der Waals surface area contributed by atoms with Crippen LogP contribution in [-0.2, 0) is 11.5 Å². The fourth-order valence-electron chi connectivity index (χ4n) is 2.34. The van der Waals surface area contributed by atoms with E-state index in [0.29, 0.717) is 0 Å². The third-order valence-electron chi connectivity index (χ3n) is 3.57. The van der Waals surface area contributed by atoms with Crippen LogP contribution in [0, 0.1) is 0 Å². The molecule has 1 N–H and O–H groups in total. The SMILES string of the molecule is COc1ccc(C=NNc2ccccc2)cc1CSCc1ccco1. The summed E-state index contributed by atoms with van der Waals surface area (Å²) >= 11 is 1.79. The van der Waals surface area contributed by atoms with Gasteiger partial charge in [-0.25, -0.2) is 0 Å². The molecular weight excluding hydrogens is 332 g/mol. The van der Waals surface area contributed by atoms with E-state index in [1.807, 2.05) is 60.8 Å². The van der Waals surface area contributed by atoms with Crippen molar-refractivity contribution in [3.63, 3.8) is 0 Å². The topological polar surface area (TPSA) is 46.8 Å². The van der Waals surface area contributed by atoms with Crippen molar-refractivity contribution >= 4 is 23.7 Å².